The predicted octanol–water partition coefficient (Wildman–Crippen LogP) is 5.18. The minimum absolute atomic E-state index is 0.241. The molecule has 198 valence electrons. The van der Waals surface area contributed by atoms with Gasteiger partial charge in [0.25, 0.3) is 16.0 Å². The van der Waals surface area contributed by atoms with E-state index in [-0.39, 0.29) is 17.2 Å². The van der Waals surface area contributed by atoms with E-state index in [2.05, 4.69) is 4.98 Å². The van der Waals surface area contributed by atoms with Gasteiger partial charge in [-0.1, -0.05) is 47.7 Å². The lowest BCUT2D eigenvalue weighted by atomic mass is 9.87. The van der Waals surface area contributed by atoms with Crippen molar-refractivity contribution < 1.29 is 22.5 Å². The van der Waals surface area contributed by atoms with Gasteiger partial charge in [0.15, 0.2) is 16.2 Å². The summed E-state index contributed by atoms with van der Waals surface area (Å²) in [4.78, 5) is 19.2. The Morgan fingerprint density at radius 1 is 1.10 bits per heavy atom. The van der Waals surface area contributed by atoms with Crippen LogP contribution >= 0.6 is 22.9 Å². The monoisotopic (exact) mass is 580 g/mol. The van der Waals surface area contributed by atoms with Crippen molar-refractivity contribution in [1.29, 1.82) is 0 Å². The first kappa shape index (κ1) is 25.5. The van der Waals surface area contributed by atoms with Crippen LogP contribution in [0.1, 0.15) is 12.0 Å². The number of hydrogen-bond acceptors (Lipinski definition) is 8. The van der Waals surface area contributed by atoms with E-state index in [0.717, 1.165) is 15.8 Å². The molecule has 0 saturated carbocycles. The highest BCUT2D eigenvalue weighted by Crippen LogP contribution is 2.51. The number of halogens is 1. The lowest BCUT2D eigenvalue weighted by Gasteiger charge is -2.55. The number of hydrazone groups is 1. The number of aromatic nitrogens is 1. The maximum absolute atomic E-state index is 13.3. The van der Waals surface area contributed by atoms with Crippen LogP contribution in [-0.4, -0.2) is 47.7 Å². The highest BCUT2D eigenvalue weighted by Gasteiger charge is 2.67. The number of amides is 1. The van der Waals surface area contributed by atoms with E-state index in [1.165, 1.54) is 34.4 Å². The van der Waals surface area contributed by atoms with Gasteiger partial charge in [-0.25, -0.2) is 9.99 Å². The number of β-lactam (4-membered cyclic amide) rings is 1. The minimum Gasteiger partial charge on any atom is -0.496 e. The number of hydrogen-bond donors (Lipinski definition) is 1. The quantitative estimate of drug-likeness (QED) is 0.190. The van der Waals surface area contributed by atoms with Gasteiger partial charge in [-0.15, -0.1) is 11.6 Å². The number of fused-ring (bicyclic) bond motifs is 1. The molecule has 3 aromatic carbocycles. The molecule has 1 aromatic heterocycles. The molecule has 2 atom stereocenters. The number of alkyl halides is 1. The Hall–Kier alpha value is -3.77. The molecule has 0 aliphatic carbocycles. The number of allylic oxidation sites excluding steroid dienone is 1. The average molecular weight is 581 g/mol. The molecule has 39 heavy (non-hydrogen) atoms. The van der Waals surface area contributed by atoms with E-state index in [4.69, 9.17) is 21.4 Å². The fraction of sp³-hybridized carbons (Fsp3) is 0.148. The van der Waals surface area contributed by atoms with Gasteiger partial charge < -0.3 is 4.74 Å². The third kappa shape index (κ3) is 4.18. The van der Waals surface area contributed by atoms with Crippen LogP contribution in [0.15, 0.2) is 88.9 Å². The molecule has 1 amide bonds. The molecule has 2 aliphatic heterocycles. The van der Waals surface area contributed by atoms with Crippen LogP contribution in [-0.2, 0) is 14.9 Å². The Labute approximate surface area is 233 Å². The number of carbonyl (C=O) groups excluding carboxylic acids is 1. The standard InChI is InChI=1S/C27H21ClN4O5S2/c1-37-22-11-4-2-7-17(22)13-14-18-16-27(32(30-18)19-8-6-9-20(15-19)39(34,35)36)24(28)25(33)31(27)26-29-21-10-3-5-12-23(21)38-26/h2-15,24H,16H2,1H3,(H,34,35,36)/b14-13+. The van der Waals surface area contributed by atoms with Crippen LogP contribution in [0.25, 0.3) is 16.3 Å². The van der Waals surface area contributed by atoms with Crippen molar-refractivity contribution in [3.05, 3.63) is 84.4 Å². The predicted molar refractivity (Wildman–Crippen MR) is 152 cm³/mol. The van der Waals surface area contributed by atoms with Gasteiger partial charge in [-0.3, -0.25) is 14.2 Å². The summed E-state index contributed by atoms with van der Waals surface area (Å²) in [5.41, 5.74) is 1.33. The van der Waals surface area contributed by atoms with Crippen LogP contribution in [0.3, 0.4) is 0 Å². The van der Waals surface area contributed by atoms with E-state index in [1.54, 1.807) is 18.2 Å². The lowest BCUT2D eigenvalue weighted by molar-refractivity contribution is -0.126. The summed E-state index contributed by atoms with van der Waals surface area (Å²) in [7, 11) is -2.89. The number of thiazole rings is 1. The van der Waals surface area contributed by atoms with Gasteiger partial charge in [0.1, 0.15) is 5.75 Å². The molecular weight excluding hydrogens is 560 g/mol. The van der Waals surface area contributed by atoms with Crippen molar-refractivity contribution in [3.63, 3.8) is 0 Å². The van der Waals surface area contributed by atoms with Crippen molar-refractivity contribution in [3.8, 4) is 5.75 Å². The number of nitrogens with zero attached hydrogens (tertiary/aromatic N) is 4. The Morgan fingerprint density at radius 2 is 1.87 bits per heavy atom. The smallest absolute Gasteiger partial charge is 0.294 e. The second-order valence-corrected chi connectivity index (χ2v) is 11.9. The van der Waals surface area contributed by atoms with Crippen LogP contribution in [0.5, 0.6) is 5.75 Å². The molecule has 3 heterocycles. The van der Waals surface area contributed by atoms with Crippen LogP contribution in [0.4, 0.5) is 10.8 Å². The first-order valence-electron chi connectivity index (χ1n) is 11.8. The Morgan fingerprint density at radius 3 is 2.64 bits per heavy atom. The summed E-state index contributed by atoms with van der Waals surface area (Å²) in [5, 5.41) is 5.79. The molecule has 2 unspecified atom stereocenters. The Balaban J connectivity index is 1.47. The van der Waals surface area contributed by atoms with Gasteiger partial charge in [0.2, 0.25) is 0 Å². The summed E-state index contributed by atoms with van der Waals surface area (Å²) in [6.07, 6.45) is 3.91. The maximum atomic E-state index is 13.3. The number of rotatable bonds is 6. The zero-order valence-electron chi connectivity index (χ0n) is 20.4. The van der Waals surface area contributed by atoms with Crippen molar-refractivity contribution in [2.75, 3.05) is 17.0 Å². The van der Waals surface area contributed by atoms with E-state index in [0.29, 0.717) is 22.3 Å². The highest BCUT2D eigenvalue weighted by atomic mass is 35.5. The lowest BCUT2D eigenvalue weighted by Crippen LogP contribution is -2.78. The van der Waals surface area contributed by atoms with Crippen molar-refractivity contribution in [2.45, 2.75) is 22.4 Å². The summed E-state index contributed by atoms with van der Waals surface area (Å²) in [6.45, 7) is 0. The molecule has 6 rings (SSSR count). The van der Waals surface area contributed by atoms with Crippen LogP contribution in [0, 0.1) is 0 Å². The number of methoxy groups -OCH3 is 1. The number of carbonyl (C=O) groups is 1. The Kier molecular flexibility index (Phi) is 6.18. The van der Waals surface area contributed by atoms with E-state index < -0.39 is 21.2 Å². The summed E-state index contributed by atoms with van der Waals surface area (Å²) in [5.74, 6) is 0.349. The topological polar surface area (TPSA) is 112 Å². The molecule has 12 heteroatoms. The van der Waals surface area contributed by atoms with E-state index >= 15 is 0 Å². The van der Waals surface area contributed by atoms with Gasteiger partial charge in [0, 0.05) is 12.0 Å². The van der Waals surface area contributed by atoms with Crippen LogP contribution in [0.2, 0.25) is 0 Å². The number of ether oxygens (including phenoxy) is 1. The van der Waals surface area contributed by atoms with Crippen molar-refractivity contribution >= 4 is 71.8 Å². The zero-order chi connectivity index (χ0) is 27.4. The number of benzene rings is 3. The third-order valence-corrected chi connectivity index (χ3v) is 9.10. The second kappa shape index (κ2) is 9.45. The molecule has 2 aliphatic rings. The Bertz CT molecular complexity index is 1750. The molecule has 9 nitrogen and oxygen atoms in total. The summed E-state index contributed by atoms with van der Waals surface area (Å²) in [6, 6.07) is 20.8. The molecular formula is C27H21ClN4O5S2. The molecule has 0 bridgehead atoms. The number of anilines is 2. The van der Waals surface area contributed by atoms with E-state index in [9.17, 15) is 17.8 Å². The first-order chi connectivity index (χ1) is 18.7. The molecule has 1 saturated heterocycles. The molecule has 0 radical (unpaired) electrons. The molecule has 1 N–H and O–H groups in total. The largest absolute Gasteiger partial charge is 0.496 e. The molecule has 1 fully saturated rings. The summed E-state index contributed by atoms with van der Waals surface area (Å²) < 4.78 is 39.8. The fourth-order valence-corrected chi connectivity index (χ4v) is 6.80. The van der Waals surface area contributed by atoms with Gasteiger partial charge in [-0.05, 0) is 48.6 Å². The molecule has 4 aromatic rings. The normalized spacial score (nSPS) is 21.2. The van der Waals surface area contributed by atoms with Crippen molar-refractivity contribution in [2.24, 2.45) is 5.10 Å². The third-order valence-electron chi connectivity index (χ3n) is 6.69. The molecule has 1 spiro atoms. The SMILES string of the molecule is COc1ccccc1/C=C/C1=NN(c2cccc(S(=O)(=O)O)c2)C2(C1)C(Cl)C(=O)N2c1nc2ccccc2s1. The first-order valence-corrected chi connectivity index (χ1v) is 14.5. The second-order valence-electron chi connectivity index (χ2n) is 9.01. The number of para-hydroxylation sites is 2. The maximum Gasteiger partial charge on any atom is 0.294 e. The van der Waals surface area contributed by atoms with Gasteiger partial charge in [0.05, 0.1) is 33.6 Å². The van der Waals surface area contributed by atoms with Gasteiger partial charge in [-0.2, -0.15) is 13.5 Å². The highest BCUT2D eigenvalue weighted by molar-refractivity contribution is 7.85. The van der Waals surface area contributed by atoms with E-state index in [1.807, 2.05) is 60.7 Å². The van der Waals surface area contributed by atoms with Gasteiger partial charge >= 0.3 is 0 Å². The summed E-state index contributed by atoms with van der Waals surface area (Å²) >= 11 is 8.13. The fourth-order valence-electron chi connectivity index (χ4n) is 4.87. The van der Waals surface area contributed by atoms with Crippen LogP contribution < -0.4 is 14.6 Å². The zero-order valence-corrected chi connectivity index (χ0v) is 22.8. The average Bonchev–Trinajstić information content (AvgIpc) is 3.54. The van der Waals surface area contributed by atoms with Crippen molar-refractivity contribution in [1.82, 2.24) is 4.98 Å². The minimum atomic E-state index is -4.48.